The van der Waals surface area contributed by atoms with Gasteiger partial charge in [0.25, 0.3) is 0 Å². The summed E-state index contributed by atoms with van der Waals surface area (Å²) in [5.41, 5.74) is 3.39. The topological polar surface area (TPSA) is 46.0 Å². The van der Waals surface area contributed by atoms with Crippen molar-refractivity contribution < 1.29 is 5.11 Å². The average molecular weight is 329 g/mol. The van der Waals surface area contributed by atoms with Crippen molar-refractivity contribution in [1.29, 1.82) is 0 Å². The lowest BCUT2D eigenvalue weighted by molar-refractivity contribution is 0.221. The van der Waals surface area contributed by atoms with Crippen LogP contribution >= 0.6 is 15.9 Å². The maximum atomic E-state index is 10.6. The molecular weight excluding hydrogens is 316 g/mol. The Balaban J connectivity index is 2.17. The van der Waals surface area contributed by atoms with Gasteiger partial charge < -0.3 is 5.11 Å². The first-order valence-electron chi connectivity index (χ1n) is 6.29. The number of aryl methyl sites for hydroxylation is 1. The highest BCUT2D eigenvalue weighted by Gasteiger charge is 2.16. The zero-order chi connectivity index (χ0) is 14.1. The Kier molecular flexibility index (Phi) is 3.51. The molecule has 0 fully saturated rings. The van der Waals surface area contributed by atoms with Gasteiger partial charge in [-0.25, -0.2) is 0 Å². The highest BCUT2D eigenvalue weighted by molar-refractivity contribution is 9.10. The Morgan fingerprint density at radius 2 is 2.05 bits per heavy atom. The van der Waals surface area contributed by atoms with Crippen LogP contribution in [0.3, 0.4) is 0 Å². The second-order valence-electron chi connectivity index (χ2n) is 4.73. The number of fused-ring (bicyclic) bond motifs is 1. The molecule has 1 unspecified atom stereocenters. The number of nitrogens with zero attached hydrogens (tertiary/aromatic N) is 2. The maximum absolute atomic E-state index is 10.6. The van der Waals surface area contributed by atoms with Crippen LogP contribution in [0.25, 0.3) is 10.9 Å². The monoisotopic (exact) mass is 328 g/mol. The third-order valence-electron chi connectivity index (χ3n) is 3.25. The predicted molar refractivity (Wildman–Crippen MR) is 82.5 cm³/mol. The normalized spacial score (nSPS) is 12.6. The fourth-order valence-corrected chi connectivity index (χ4v) is 2.74. The Labute approximate surface area is 125 Å². The molecule has 0 spiro atoms. The number of halogens is 1. The molecular formula is C16H13BrN2O. The zero-order valence-electron chi connectivity index (χ0n) is 10.9. The molecule has 0 aliphatic carbocycles. The predicted octanol–water partition coefficient (Wildman–Crippen LogP) is 3.78. The van der Waals surface area contributed by atoms with Crippen LogP contribution in [0.2, 0.25) is 0 Å². The molecule has 0 bridgehead atoms. The van der Waals surface area contributed by atoms with E-state index in [4.69, 9.17) is 0 Å². The van der Waals surface area contributed by atoms with E-state index in [0.717, 1.165) is 32.1 Å². The van der Waals surface area contributed by atoms with E-state index >= 15 is 0 Å². The number of pyridine rings is 2. The Morgan fingerprint density at radius 1 is 1.20 bits per heavy atom. The summed E-state index contributed by atoms with van der Waals surface area (Å²) in [5.74, 6) is 0. The minimum absolute atomic E-state index is 0.729. The average Bonchev–Trinajstić information content (AvgIpc) is 2.47. The van der Waals surface area contributed by atoms with Crippen LogP contribution < -0.4 is 0 Å². The van der Waals surface area contributed by atoms with Gasteiger partial charge in [-0.1, -0.05) is 34.1 Å². The van der Waals surface area contributed by atoms with E-state index in [9.17, 15) is 5.11 Å². The lowest BCUT2D eigenvalue weighted by Crippen LogP contribution is -2.02. The molecule has 20 heavy (non-hydrogen) atoms. The van der Waals surface area contributed by atoms with E-state index in [2.05, 4.69) is 25.9 Å². The van der Waals surface area contributed by atoms with Crippen molar-refractivity contribution in [3.8, 4) is 0 Å². The van der Waals surface area contributed by atoms with Gasteiger partial charge in [0.15, 0.2) is 0 Å². The molecule has 4 heteroatoms. The van der Waals surface area contributed by atoms with Crippen LogP contribution in [0.1, 0.15) is 22.8 Å². The van der Waals surface area contributed by atoms with Crippen molar-refractivity contribution in [3.63, 3.8) is 0 Å². The lowest BCUT2D eigenvalue weighted by atomic mass is 9.99. The molecule has 2 aromatic heterocycles. The van der Waals surface area contributed by atoms with E-state index in [1.165, 1.54) is 0 Å². The molecule has 0 saturated heterocycles. The molecule has 1 atom stereocenters. The van der Waals surface area contributed by atoms with Crippen LogP contribution in [-0.2, 0) is 0 Å². The smallest absolute Gasteiger partial charge is 0.108 e. The molecule has 0 amide bonds. The second kappa shape index (κ2) is 5.31. The van der Waals surface area contributed by atoms with Gasteiger partial charge in [0.1, 0.15) is 6.10 Å². The molecule has 100 valence electrons. The van der Waals surface area contributed by atoms with Crippen molar-refractivity contribution in [1.82, 2.24) is 9.97 Å². The minimum Gasteiger partial charge on any atom is -0.384 e. The molecule has 3 rings (SSSR count). The third kappa shape index (κ3) is 2.32. The van der Waals surface area contributed by atoms with Crippen LogP contribution in [0.4, 0.5) is 0 Å². The van der Waals surface area contributed by atoms with Crippen LogP contribution in [0.5, 0.6) is 0 Å². The van der Waals surface area contributed by atoms with E-state index in [0.29, 0.717) is 0 Å². The zero-order valence-corrected chi connectivity index (χ0v) is 12.5. The quantitative estimate of drug-likeness (QED) is 0.778. The molecule has 0 saturated carbocycles. The summed E-state index contributed by atoms with van der Waals surface area (Å²) in [7, 11) is 0. The second-order valence-corrected chi connectivity index (χ2v) is 5.59. The van der Waals surface area contributed by atoms with Crippen molar-refractivity contribution in [2.24, 2.45) is 0 Å². The number of aliphatic hydroxyl groups excluding tert-OH is 1. The van der Waals surface area contributed by atoms with E-state index in [1.807, 2.05) is 37.3 Å². The molecule has 0 aliphatic heterocycles. The minimum atomic E-state index is -0.729. The number of benzene rings is 1. The molecule has 1 N–H and O–H groups in total. The van der Waals surface area contributed by atoms with E-state index in [-0.39, 0.29) is 0 Å². The van der Waals surface area contributed by atoms with Crippen LogP contribution in [0, 0.1) is 6.92 Å². The SMILES string of the molecule is Cc1cncc(C(O)c2ccc(Br)c3cccnc23)c1. The number of rotatable bonds is 2. The number of hydrogen-bond acceptors (Lipinski definition) is 3. The van der Waals surface area contributed by atoms with Crippen molar-refractivity contribution in [3.05, 3.63) is 70.1 Å². The Bertz CT molecular complexity index is 773. The van der Waals surface area contributed by atoms with Crippen molar-refractivity contribution in [2.75, 3.05) is 0 Å². The van der Waals surface area contributed by atoms with Gasteiger partial charge in [-0.3, -0.25) is 9.97 Å². The first-order chi connectivity index (χ1) is 9.66. The van der Waals surface area contributed by atoms with Gasteiger partial charge in [0.05, 0.1) is 5.52 Å². The van der Waals surface area contributed by atoms with Gasteiger partial charge in [-0.05, 0) is 24.6 Å². The summed E-state index contributed by atoms with van der Waals surface area (Å²) >= 11 is 3.51. The standard InChI is InChI=1S/C16H13BrN2O/c1-10-7-11(9-18-8-10)16(20)13-4-5-14(17)12-3-2-6-19-15(12)13/h2-9,16,20H,1H3. The van der Waals surface area contributed by atoms with Gasteiger partial charge >= 0.3 is 0 Å². The molecule has 1 aromatic carbocycles. The van der Waals surface area contributed by atoms with E-state index < -0.39 is 6.10 Å². The molecule has 2 heterocycles. The number of aromatic nitrogens is 2. The van der Waals surface area contributed by atoms with Gasteiger partial charge in [0, 0.05) is 39.6 Å². The summed E-state index contributed by atoms with van der Waals surface area (Å²) in [6.07, 6.45) is 4.47. The number of hydrogen-bond donors (Lipinski definition) is 1. The summed E-state index contributed by atoms with van der Waals surface area (Å²) in [4.78, 5) is 8.54. The lowest BCUT2D eigenvalue weighted by Gasteiger charge is -2.14. The Morgan fingerprint density at radius 3 is 2.85 bits per heavy atom. The number of aliphatic hydroxyl groups is 1. The van der Waals surface area contributed by atoms with Gasteiger partial charge in [0.2, 0.25) is 0 Å². The first kappa shape index (κ1) is 13.2. The van der Waals surface area contributed by atoms with E-state index in [1.54, 1.807) is 18.6 Å². The molecule has 3 nitrogen and oxygen atoms in total. The fourth-order valence-electron chi connectivity index (χ4n) is 2.29. The maximum Gasteiger partial charge on any atom is 0.108 e. The van der Waals surface area contributed by atoms with Crippen LogP contribution in [-0.4, -0.2) is 15.1 Å². The highest BCUT2D eigenvalue weighted by atomic mass is 79.9. The molecule has 0 radical (unpaired) electrons. The Hall–Kier alpha value is -1.78. The molecule has 0 aliphatic rings. The summed E-state index contributed by atoms with van der Waals surface area (Å²) in [6.45, 7) is 1.96. The summed E-state index contributed by atoms with van der Waals surface area (Å²) in [6, 6.07) is 9.64. The fraction of sp³-hybridized carbons (Fsp3) is 0.125. The summed E-state index contributed by atoms with van der Waals surface area (Å²) < 4.78 is 0.971. The summed E-state index contributed by atoms with van der Waals surface area (Å²) in [5, 5.41) is 11.6. The third-order valence-corrected chi connectivity index (χ3v) is 3.95. The van der Waals surface area contributed by atoms with Crippen molar-refractivity contribution in [2.45, 2.75) is 13.0 Å². The highest BCUT2D eigenvalue weighted by Crippen LogP contribution is 2.31. The first-order valence-corrected chi connectivity index (χ1v) is 7.09. The largest absolute Gasteiger partial charge is 0.384 e. The molecule has 3 aromatic rings. The van der Waals surface area contributed by atoms with Crippen LogP contribution in [0.15, 0.2) is 53.4 Å². The van der Waals surface area contributed by atoms with Gasteiger partial charge in [-0.2, -0.15) is 0 Å². The van der Waals surface area contributed by atoms with Gasteiger partial charge in [-0.15, -0.1) is 0 Å². The van der Waals surface area contributed by atoms with Crippen molar-refractivity contribution >= 4 is 26.8 Å².